The lowest BCUT2D eigenvalue weighted by Crippen LogP contribution is -2.09. The first-order valence-electron chi connectivity index (χ1n) is 4.25. The molecule has 0 saturated heterocycles. The lowest BCUT2D eigenvalue weighted by atomic mass is 10.0. The summed E-state index contributed by atoms with van der Waals surface area (Å²) in [5.41, 5.74) is 7.22. The summed E-state index contributed by atoms with van der Waals surface area (Å²) < 4.78 is 1.26. The van der Waals surface area contributed by atoms with Gasteiger partial charge in [0.2, 0.25) is 0 Å². The van der Waals surface area contributed by atoms with Gasteiger partial charge in [-0.1, -0.05) is 25.5 Å². The van der Waals surface area contributed by atoms with Gasteiger partial charge in [0.15, 0.2) is 0 Å². The smallest absolute Gasteiger partial charge is 0.0295 e. The minimum Gasteiger partial charge on any atom is -0.324 e. The maximum atomic E-state index is 5.97. The maximum Gasteiger partial charge on any atom is 0.0295 e. The highest BCUT2D eigenvalue weighted by molar-refractivity contribution is 14.1. The highest BCUT2D eigenvalue weighted by atomic mass is 127. The van der Waals surface area contributed by atoms with Crippen LogP contribution in [-0.4, -0.2) is 0 Å². The molecule has 0 saturated carbocycles. The molecule has 0 aromatic heterocycles. The third-order valence-electron chi connectivity index (χ3n) is 1.88. The quantitative estimate of drug-likeness (QED) is 0.843. The summed E-state index contributed by atoms with van der Waals surface area (Å²) in [5.74, 6) is 0. The Kier molecular flexibility index (Phi) is 4.01. The Morgan fingerprint density at radius 2 is 2.25 bits per heavy atom. The summed E-state index contributed by atoms with van der Waals surface area (Å²) in [6.07, 6.45) is 2.22. The fourth-order valence-electron chi connectivity index (χ4n) is 1.21. The van der Waals surface area contributed by atoms with E-state index >= 15 is 0 Å². The molecule has 0 aliphatic rings. The molecule has 12 heavy (non-hydrogen) atoms. The van der Waals surface area contributed by atoms with Crippen molar-refractivity contribution in [3.05, 3.63) is 33.4 Å². The number of rotatable bonds is 3. The van der Waals surface area contributed by atoms with Gasteiger partial charge < -0.3 is 5.73 Å². The van der Waals surface area contributed by atoms with Gasteiger partial charge in [-0.05, 0) is 46.7 Å². The van der Waals surface area contributed by atoms with E-state index in [2.05, 4.69) is 53.8 Å². The third kappa shape index (κ3) is 2.75. The van der Waals surface area contributed by atoms with Crippen molar-refractivity contribution >= 4 is 22.6 Å². The Hall–Kier alpha value is -0.0900. The van der Waals surface area contributed by atoms with E-state index in [1.807, 2.05) is 0 Å². The van der Waals surface area contributed by atoms with Crippen LogP contribution in [0.3, 0.4) is 0 Å². The molecule has 1 aromatic rings. The van der Waals surface area contributed by atoms with Crippen molar-refractivity contribution in [3.8, 4) is 0 Å². The molecule has 0 unspecified atom stereocenters. The fraction of sp³-hybridized carbons (Fsp3) is 0.400. The summed E-state index contributed by atoms with van der Waals surface area (Å²) in [6, 6.07) is 8.61. The van der Waals surface area contributed by atoms with Crippen molar-refractivity contribution in [1.29, 1.82) is 0 Å². The van der Waals surface area contributed by atoms with Crippen LogP contribution in [0.2, 0.25) is 0 Å². The monoisotopic (exact) mass is 275 g/mol. The number of halogens is 1. The van der Waals surface area contributed by atoms with Crippen LogP contribution in [0.4, 0.5) is 0 Å². The van der Waals surface area contributed by atoms with Gasteiger partial charge in [0, 0.05) is 9.61 Å². The third-order valence-corrected chi connectivity index (χ3v) is 2.55. The topological polar surface area (TPSA) is 26.0 Å². The van der Waals surface area contributed by atoms with E-state index in [0.29, 0.717) is 0 Å². The fourth-order valence-corrected chi connectivity index (χ4v) is 1.78. The van der Waals surface area contributed by atoms with Crippen molar-refractivity contribution in [2.75, 3.05) is 0 Å². The Morgan fingerprint density at radius 1 is 1.50 bits per heavy atom. The summed E-state index contributed by atoms with van der Waals surface area (Å²) in [5, 5.41) is 0. The molecule has 2 heteroatoms. The largest absolute Gasteiger partial charge is 0.324 e. The summed E-state index contributed by atoms with van der Waals surface area (Å²) >= 11 is 2.31. The highest BCUT2D eigenvalue weighted by Crippen LogP contribution is 2.17. The van der Waals surface area contributed by atoms with Crippen LogP contribution in [0.5, 0.6) is 0 Å². The molecule has 2 N–H and O–H groups in total. The molecule has 1 atom stereocenters. The van der Waals surface area contributed by atoms with Crippen molar-refractivity contribution in [1.82, 2.24) is 0 Å². The van der Waals surface area contributed by atoms with E-state index in [1.165, 1.54) is 9.13 Å². The van der Waals surface area contributed by atoms with Gasteiger partial charge in [0.1, 0.15) is 0 Å². The van der Waals surface area contributed by atoms with Crippen molar-refractivity contribution in [2.45, 2.75) is 25.8 Å². The van der Waals surface area contributed by atoms with Gasteiger partial charge in [-0.2, -0.15) is 0 Å². The SMILES string of the molecule is CCC[C@@H](N)c1cccc(I)c1. The Bertz CT molecular complexity index is 247. The zero-order valence-corrected chi connectivity index (χ0v) is 9.41. The predicted octanol–water partition coefficient (Wildman–Crippen LogP) is 3.09. The molecular weight excluding hydrogens is 261 g/mol. The average Bonchev–Trinajstić information content (AvgIpc) is 2.05. The van der Waals surface area contributed by atoms with Crippen molar-refractivity contribution < 1.29 is 0 Å². The zero-order chi connectivity index (χ0) is 8.97. The van der Waals surface area contributed by atoms with Crippen LogP contribution in [0, 0.1) is 3.57 Å². The second-order valence-corrected chi connectivity index (χ2v) is 4.20. The average molecular weight is 275 g/mol. The van der Waals surface area contributed by atoms with Gasteiger partial charge >= 0.3 is 0 Å². The first-order valence-corrected chi connectivity index (χ1v) is 5.33. The molecule has 1 aromatic carbocycles. The van der Waals surface area contributed by atoms with Crippen molar-refractivity contribution in [2.24, 2.45) is 5.73 Å². The Balaban J connectivity index is 2.73. The molecule has 66 valence electrons. The number of nitrogens with two attached hydrogens (primary N) is 1. The Morgan fingerprint density at radius 3 is 2.83 bits per heavy atom. The predicted molar refractivity (Wildman–Crippen MR) is 61.0 cm³/mol. The van der Waals surface area contributed by atoms with Gasteiger partial charge in [-0.25, -0.2) is 0 Å². The van der Waals surface area contributed by atoms with Crippen LogP contribution in [-0.2, 0) is 0 Å². The van der Waals surface area contributed by atoms with E-state index in [0.717, 1.165) is 12.8 Å². The molecule has 0 bridgehead atoms. The summed E-state index contributed by atoms with van der Waals surface area (Å²) in [6.45, 7) is 2.16. The summed E-state index contributed by atoms with van der Waals surface area (Å²) in [7, 11) is 0. The highest BCUT2D eigenvalue weighted by Gasteiger charge is 2.03. The molecule has 0 fully saturated rings. The minimum atomic E-state index is 0.213. The van der Waals surface area contributed by atoms with Crippen LogP contribution < -0.4 is 5.73 Å². The van der Waals surface area contributed by atoms with Gasteiger partial charge in [0.05, 0.1) is 0 Å². The minimum absolute atomic E-state index is 0.213. The van der Waals surface area contributed by atoms with E-state index in [4.69, 9.17) is 5.73 Å². The molecule has 1 rings (SSSR count). The van der Waals surface area contributed by atoms with Crippen LogP contribution >= 0.6 is 22.6 Å². The van der Waals surface area contributed by atoms with E-state index < -0.39 is 0 Å². The van der Waals surface area contributed by atoms with Crippen LogP contribution in [0.1, 0.15) is 31.4 Å². The van der Waals surface area contributed by atoms with E-state index in [9.17, 15) is 0 Å². The molecule has 0 aliphatic heterocycles. The van der Waals surface area contributed by atoms with Gasteiger partial charge in [0.25, 0.3) is 0 Å². The first-order chi connectivity index (χ1) is 5.74. The number of hydrogen-bond donors (Lipinski definition) is 1. The zero-order valence-electron chi connectivity index (χ0n) is 7.26. The molecule has 0 aliphatic carbocycles. The molecule has 0 heterocycles. The second-order valence-electron chi connectivity index (χ2n) is 2.95. The normalized spacial score (nSPS) is 12.9. The van der Waals surface area contributed by atoms with Gasteiger partial charge in [-0.15, -0.1) is 0 Å². The molecule has 0 amide bonds. The lowest BCUT2D eigenvalue weighted by molar-refractivity contribution is 0.638. The standard InChI is InChI=1S/C10H14IN/c1-2-4-10(12)8-5-3-6-9(11)7-8/h3,5-7,10H,2,4,12H2,1H3/t10-/m1/s1. The number of benzene rings is 1. The van der Waals surface area contributed by atoms with Crippen LogP contribution in [0.15, 0.2) is 24.3 Å². The van der Waals surface area contributed by atoms with E-state index in [1.54, 1.807) is 0 Å². The maximum absolute atomic E-state index is 5.97. The molecular formula is C10H14IN. The summed E-state index contributed by atoms with van der Waals surface area (Å²) in [4.78, 5) is 0. The van der Waals surface area contributed by atoms with Gasteiger partial charge in [-0.3, -0.25) is 0 Å². The number of hydrogen-bond acceptors (Lipinski definition) is 1. The van der Waals surface area contributed by atoms with Crippen molar-refractivity contribution in [3.63, 3.8) is 0 Å². The molecule has 0 radical (unpaired) electrons. The molecule has 1 nitrogen and oxygen atoms in total. The van der Waals surface area contributed by atoms with E-state index in [-0.39, 0.29) is 6.04 Å². The molecule has 0 spiro atoms. The van der Waals surface area contributed by atoms with Crippen LogP contribution in [0.25, 0.3) is 0 Å². The first kappa shape index (κ1) is 9.99. The Labute approximate surface area is 87.5 Å². The lowest BCUT2D eigenvalue weighted by Gasteiger charge is -2.10. The second kappa shape index (κ2) is 4.82.